The van der Waals surface area contributed by atoms with Crippen LogP contribution in [0.25, 0.3) is 0 Å². The molecule has 2 aromatic rings. The molecule has 0 fully saturated rings. The molecule has 0 spiro atoms. The van der Waals surface area contributed by atoms with Gasteiger partial charge in [0.25, 0.3) is 5.69 Å². The molecular formula is C14H17N3O2S. The van der Waals surface area contributed by atoms with Crippen molar-refractivity contribution in [2.45, 2.75) is 25.8 Å². The maximum absolute atomic E-state index is 10.9. The molecular weight excluding hydrogens is 274 g/mol. The van der Waals surface area contributed by atoms with Crippen LogP contribution in [-0.2, 0) is 6.42 Å². The molecule has 0 aliphatic heterocycles. The average Bonchev–Trinajstić information content (AvgIpc) is 2.98. The van der Waals surface area contributed by atoms with E-state index in [9.17, 15) is 10.1 Å². The van der Waals surface area contributed by atoms with Crippen LogP contribution in [0.15, 0.2) is 35.8 Å². The van der Waals surface area contributed by atoms with E-state index in [1.807, 2.05) is 17.5 Å². The van der Waals surface area contributed by atoms with Gasteiger partial charge >= 0.3 is 0 Å². The smallest absolute Gasteiger partial charge is 0.272 e. The zero-order chi connectivity index (χ0) is 14.4. The van der Waals surface area contributed by atoms with Gasteiger partial charge in [0.1, 0.15) is 5.01 Å². The van der Waals surface area contributed by atoms with Gasteiger partial charge in [-0.2, -0.15) is 0 Å². The third-order valence-corrected chi connectivity index (χ3v) is 4.02. The van der Waals surface area contributed by atoms with Gasteiger partial charge < -0.3 is 5.32 Å². The first-order chi connectivity index (χ1) is 9.72. The van der Waals surface area contributed by atoms with Gasteiger partial charge in [-0.05, 0) is 12.8 Å². The minimum atomic E-state index is -0.326. The predicted octanol–water partition coefficient (Wildman–Crippen LogP) is 3.33. The van der Waals surface area contributed by atoms with Crippen molar-refractivity contribution in [3.63, 3.8) is 0 Å². The number of nitro groups is 1. The van der Waals surface area contributed by atoms with E-state index in [0.717, 1.165) is 17.0 Å². The number of rotatable bonds is 7. The van der Waals surface area contributed by atoms with Crippen molar-refractivity contribution in [3.8, 4) is 0 Å². The molecule has 1 heterocycles. The molecule has 0 aliphatic rings. The standard InChI is InChI=1S/C14H17N3O2S/c1-2-12(14-16-9-10-20-14)15-8-7-11-5-3-4-6-13(11)17(18)19/h3-6,9-10,12,15H,2,7-8H2,1H3. The van der Waals surface area contributed by atoms with Crippen LogP contribution in [0.5, 0.6) is 0 Å². The highest BCUT2D eigenvalue weighted by Gasteiger charge is 2.14. The van der Waals surface area contributed by atoms with Gasteiger partial charge in [0.15, 0.2) is 0 Å². The van der Waals surface area contributed by atoms with Crippen LogP contribution in [0.2, 0.25) is 0 Å². The minimum Gasteiger partial charge on any atom is -0.308 e. The summed E-state index contributed by atoms with van der Waals surface area (Å²) in [5.74, 6) is 0. The molecule has 0 amide bonds. The number of hydrogen-bond acceptors (Lipinski definition) is 5. The van der Waals surface area contributed by atoms with E-state index in [4.69, 9.17) is 0 Å². The number of nitrogens with zero attached hydrogens (tertiary/aromatic N) is 2. The van der Waals surface area contributed by atoms with Crippen LogP contribution in [0, 0.1) is 10.1 Å². The fourth-order valence-electron chi connectivity index (χ4n) is 2.09. The Bertz CT molecular complexity index is 557. The molecule has 1 atom stereocenters. The van der Waals surface area contributed by atoms with Crippen molar-refractivity contribution in [2.24, 2.45) is 0 Å². The van der Waals surface area contributed by atoms with Crippen molar-refractivity contribution in [2.75, 3.05) is 6.54 Å². The molecule has 6 heteroatoms. The van der Waals surface area contributed by atoms with E-state index in [2.05, 4.69) is 17.2 Å². The van der Waals surface area contributed by atoms with E-state index in [1.165, 1.54) is 0 Å². The highest BCUT2D eigenvalue weighted by molar-refractivity contribution is 7.09. The van der Waals surface area contributed by atoms with Crippen LogP contribution in [0.3, 0.4) is 0 Å². The van der Waals surface area contributed by atoms with Crippen LogP contribution < -0.4 is 5.32 Å². The Morgan fingerprint density at radius 3 is 2.90 bits per heavy atom. The van der Waals surface area contributed by atoms with Gasteiger partial charge in [0, 0.05) is 29.8 Å². The second kappa shape index (κ2) is 7.12. The van der Waals surface area contributed by atoms with Crippen molar-refractivity contribution in [1.29, 1.82) is 0 Å². The maximum atomic E-state index is 10.9. The SMILES string of the molecule is CCC(NCCc1ccccc1[N+](=O)[O-])c1nccs1. The number of hydrogen-bond donors (Lipinski definition) is 1. The molecule has 20 heavy (non-hydrogen) atoms. The zero-order valence-corrected chi connectivity index (χ0v) is 12.1. The molecule has 0 saturated heterocycles. The first kappa shape index (κ1) is 14.6. The van der Waals surface area contributed by atoms with E-state index >= 15 is 0 Å². The summed E-state index contributed by atoms with van der Waals surface area (Å²) in [5, 5.41) is 17.4. The van der Waals surface area contributed by atoms with E-state index < -0.39 is 0 Å². The molecule has 1 unspecified atom stereocenters. The number of aromatic nitrogens is 1. The fraction of sp³-hybridized carbons (Fsp3) is 0.357. The number of para-hydroxylation sites is 1. The summed E-state index contributed by atoms with van der Waals surface area (Å²) in [6, 6.07) is 7.11. The quantitative estimate of drug-likeness (QED) is 0.627. The largest absolute Gasteiger partial charge is 0.308 e. The predicted molar refractivity (Wildman–Crippen MR) is 79.9 cm³/mol. The summed E-state index contributed by atoms with van der Waals surface area (Å²) < 4.78 is 0. The van der Waals surface area contributed by atoms with Crippen LogP contribution in [-0.4, -0.2) is 16.5 Å². The second-order valence-electron chi connectivity index (χ2n) is 4.42. The summed E-state index contributed by atoms with van der Waals surface area (Å²) >= 11 is 1.63. The molecule has 0 radical (unpaired) electrons. The third kappa shape index (κ3) is 3.61. The Labute approximate surface area is 121 Å². The minimum absolute atomic E-state index is 0.191. The van der Waals surface area contributed by atoms with Gasteiger partial charge in [-0.3, -0.25) is 10.1 Å². The van der Waals surface area contributed by atoms with Crippen LogP contribution in [0.1, 0.15) is 30.0 Å². The first-order valence-electron chi connectivity index (χ1n) is 6.57. The maximum Gasteiger partial charge on any atom is 0.272 e. The Hall–Kier alpha value is -1.79. The lowest BCUT2D eigenvalue weighted by Gasteiger charge is -2.14. The zero-order valence-electron chi connectivity index (χ0n) is 11.3. The normalized spacial score (nSPS) is 12.2. The van der Waals surface area contributed by atoms with Crippen LogP contribution >= 0.6 is 11.3 Å². The van der Waals surface area contributed by atoms with E-state index in [-0.39, 0.29) is 16.7 Å². The summed E-state index contributed by atoms with van der Waals surface area (Å²) in [7, 11) is 0. The highest BCUT2D eigenvalue weighted by atomic mass is 32.1. The number of thiazole rings is 1. The number of nitro benzene ring substituents is 1. The van der Waals surface area contributed by atoms with Gasteiger partial charge in [-0.1, -0.05) is 25.1 Å². The molecule has 1 aromatic heterocycles. The Morgan fingerprint density at radius 1 is 1.45 bits per heavy atom. The van der Waals surface area contributed by atoms with Crippen molar-refractivity contribution >= 4 is 17.0 Å². The Morgan fingerprint density at radius 2 is 2.25 bits per heavy atom. The highest BCUT2D eigenvalue weighted by Crippen LogP contribution is 2.20. The lowest BCUT2D eigenvalue weighted by atomic mass is 10.1. The van der Waals surface area contributed by atoms with Gasteiger partial charge in [0.05, 0.1) is 11.0 Å². The van der Waals surface area contributed by atoms with Gasteiger partial charge in [-0.25, -0.2) is 4.98 Å². The Balaban J connectivity index is 1.94. The number of nitrogens with one attached hydrogen (secondary N) is 1. The van der Waals surface area contributed by atoms with E-state index in [0.29, 0.717) is 13.0 Å². The average molecular weight is 291 g/mol. The van der Waals surface area contributed by atoms with Gasteiger partial charge in [-0.15, -0.1) is 11.3 Å². The molecule has 0 bridgehead atoms. The molecule has 0 aliphatic carbocycles. The van der Waals surface area contributed by atoms with Crippen molar-refractivity contribution in [1.82, 2.24) is 10.3 Å². The second-order valence-corrected chi connectivity index (χ2v) is 5.35. The monoisotopic (exact) mass is 291 g/mol. The molecule has 106 valence electrons. The molecule has 5 nitrogen and oxygen atoms in total. The Kier molecular flexibility index (Phi) is 5.20. The van der Waals surface area contributed by atoms with Crippen LogP contribution in [0.4, 0.5) is 5.69 Å². The molecule has 0 saturated carbocycles. The molecule has 1 N–H and O–H groups in total. The summed E-state index contributed by atoms with van der Waals surface area (Å²) in [6.07, 6.45) is 3.38. The molecule has 2 rings (SSSR count). The lowest BCUT2D eigenvalue weighted by Crippen LogP contribution is -2.23. The summed E-state index contributed by atoms with van der Waals surface area (Å²) in [5.41, 5.74) is 0.954. The van der Waals surface area contributed by atoms with E-state index in [1.54, 1.807) is 29.7 Å². The first-order valence-corrected chi connectivity index (χ1v) is 7.45. The topological polar surface area (TPSA) is 68.1 Å². The van der Waals surface area contributed by atoms with Crippen molar-refractivity contribution < 1.29 is 4.92 Å². The number of benzene rings is 1. The lowest BCUT2D eigenvalue weighted by molar-refractivity contribution is -0.385. The van der Waals surface area contributed by atoms with Gasteiger partial charge in [0.2, 0.25) is 0 Å². The molecule has 1 aromatic carbocycles. The fourth-order valence-corrected chi connectivity index (χ4v) is 2.89. The summed E-state index contributed by atoms with van der Waals surface area (Å²) in [4.78, 5) is 14.9. The third-order valence-electron chi connectivity index (χ3n) is 3.13. The van der Waals surface area contributed by atoms with Crippen molar-refractivity contribution in [3.05, 3.63) is 56.5 Å². The summed E-state index contributed by atoms with van der Waals surface area (Å²) in [6.45, 7) is 2.80.